The zero-order valence-corrected chi connectivity index (χ0v) is 14.5. The first kappa shape index (κ1) is 19.1. The minimum atomic E-state index is -3.40. The van der Waals surface area contributed by atoms with Crippen molar-refractivity contribution >= 4 is 45.4 Å². The predicted octanol–water partition coefficient (Wildman–Crippen LogP) is 1.71. The SMILES string of the molecule is CN1CCNCC1S(=O)(=O)c1cccc2cnccc12.Cl.Cl. The molecule has 5 nitrogen and oxygen atoms in total. The summed E-state index contributed by atoms with van der Waals surface area (Å²) in [7, 11) is -1.55. The fourth-order valence-electron chi connectivity index (χ4n) is 2.61. The van der Waals surface area contributed by atoms with E-state index in [9.17, 15) is 8.42 Å². The van der Waals surface area contributed by atoms with Gasteiger partial charge < -0.3 is 5.32 Å². The lowest BCUT2D eigenvalue weighted by molar-refractivity contribution is 0.255. The molecule has 8 heteroatoms. The lowest BCUT2D eigenvalue weighted by Crippen LogP contribution is -2.52. The van der Waals surface area contributed by atoms with E-state index in [2.05, 4.69) is 10.3 Å². The number of hydrogen-bond donors (Lipinski definition) is 1. The van der Waals surface area contributed by atoms with E-state index in [0.29, 0.717) is 11.4 Å². The molecule has 0 spiro atoms. The molecule has 0 saturated carbocycles. The van der Waals surface area contributed by atoms with Gasteiger partial charge in [-0.1, -0.05) is 12.1 Å². The smallest absolute Gasteiger partial charge is 0.196 e. The Bertz CT molecular complexity index is 734. The van der Waals surface area contributed by atoms with Crippen LogP contribution >= 0.6 is 24.8 Å². The van der Waals surface area contributed by atoms with Crippen LogP contribution in [0.4, 0.5) is 0 Å². The van der Waals surface area contributed by atoms with Crippen LogP contribution in [0.5, 0.6) is 0 Å². The highest BCUT2D eigenvalue weighted by atomic mass is 35.5. The molecule has 1 fully saturated rings. The number of aromatic nitrogens is 1. The molecule has 122 valence electrons. The number of benzene rings is 1. The number of nitrogens with one attached hydrogen (secondary N) is 1. The molecule has 22 heavy (non-hydrogen) atoms. The standard InChI is InChI=1S/C14H17N3O2S.2ClH/c1-17-8-7-16-10-14(17)20(18,19)13-4-2-3-11-9-15-6-5-12(11)13;;/h2-6,9,14,16H,7-8,10H2,1H3;2*1H. The summed E-state index contributed by atoms with van der Waals surface area (Å²) < 4.78 is 25.8. The van der Waals surface area contributed by atoms with Gasteiger partial charge in [-0.3, -0.25) is 9.88 Å². The summed E-state index contributed by atoms with van der Waals surface area (Å²) in [5.74, 6) is 0. The van der Waals surface area contributed by atoms with E-state index in [-0.39, 0.29) is 24.8 Å². The normalized spacial score (nSPS) is 19.2. The first-order chi connectivity index (χ1) is 9.60. The van der Waals surface area contributed by atoms with Crippen LogP contribution in [0.15, 0.2) is 41.6 Å². The van der Waals surface area contributed by atoms with Gasteiger partial charge in [-0.15, -0.1) is 24.8 Å². The van der Waals surface area contributed by atoms with Crippen LogP contribution in [0.2, 0.25) is 0 Å². The molecule has 1 aromatic heterocycles. The molecule has 2 heterocycles. The molecule has 3 rings (SSSR count). The van der Waals surface area contributed by atoms with E-state index in [1.807, 2.05) is 18.0 Å². The van der Waals surface area contributed by atoms with Crippen molar-refractivity contribution in [2.45, 2.75) is 10.3 Å². The second-order valence-corrected chi connectivity index (χ2v) is 7.11. The van der Waals surface area contributed by atoms with Crippen molar-refractivity contribution in [1.82, 2.24) is 15.2 Å². The second kappa shape index (κ2) is 7.57. The maximum atomic E-state index is 12.9. The Hall–Kier alpha value is -0.920. The monoisotopic (exact) mass is 363 g/mol. The van der Waals surface area contributed by atoms with Crippen LogP contribution in [0.3, 0.4) is 0 Å². The molecule has 1 saturated heterocycles. The number of likely N-dealkylation sites (N-methyl/N-ethyl adjacent to an activating group) is 1. The fourth-order valence-corrected chi connectivity index (χ4v) is 4.59. The fraction of sp³-hybridized carbons (Fsp3) is 0.357. The molecule has 1 unspecified atom stereocenters. The summed E-state index contributed by atoms with van der Waals surface area (Å²) in [6.45, 7) is 2.01. The van der Waals surface area contributed by atoms with Gasteiger partial charge in [0.2, 0.25) is 0 Å². The van der Waals surface area contributed by atoms with E-state index < -0.39 is 15.2 Å². The molecule has 1 aliphatic rings. The third-order valence-corrected chi connectivity index (χ3v) is 5.97. The number of nitrogens with zero attached hydrogens (tertiary/aromatic N) is 2. The van der Waals surface area contributed by atoms with E-state index in [1.54, 1.807) is 30.6 Å². The van der Waals surface area contributed by atoms with Crippen molar-refractivity contribution in [3.05, 3.63) is 36.7 Å². The lowest BCUT2D eigenvalue weighted by atomic mass is 10.2. The van der Waals surface area contributed by atoms with Gasteiger partial charge >= 0.3 is 0 Å². The summed E-state index contributed by atoms with van der Waals surface area (Å²) in [4.78, 5) is 6.33. The largest absolute Gasteiger partial charge is 0.313 e. The first-order valence-electron chi connectivity index (χ1n) is 6.58. The third-order valence-electron chi connectivity index (χ3n) is 3.76. The van der Waals surface area contributed by atoms with Crippen molar-refractivity contribution in [1.29, 1.82) is 0 Å². The molecule has 0 radical (unpaired) electrons. The van der Waals surface area contributed by atoms with E-state index in [4.69, 9.17) is 0 Å². The summed E-state index contributed by atoms with van der Waals surface area (Å²) in [5.41, 5.74) is 0. The predicted molar refractivity (Wildman–Crippen MR) is 92.7 cm³/mol. The maximum Gasteiger partial charge on any atom is 0.196 e. The number of rotatable bonds is 2. The van der Waals surface area contributed by atoms with Crippen LogP contribution in [0, 0.1) is 0 Å². The molecule has 1 N–H and O–H groups in total. The van der Waals surface area contributed by atoms with Crippen molar-refractivity contribution < 1.29 is 8.42 Å². The topological polar surface area (TPSA) is 62.3 Å². The van der Waals surface area contributed by atoms with E-state index in [1.165, 1.54) is 0 Å². The minimum absolute atomic E-state index is 0. The van der Waals surface area contributed by atoms with Gasteiger partial charge in [0.05, 0.1) is 4.90 Å². The van der Waals surface area contributed by atoms with Crippen molar-refractivity contribution in [2.24, 2.45) is 0 Å². The van der Waals surface area contributed by atoms with Gasteiger partial charge in [-0.2, -0.15) is 0 Å². The Morgan fingerprint density at radius 1 is 1.27 bits per heavy atom. The number of pyridine rings is 1. The number of piperazine rings is 1. The highest BCUT2D eigenvalue weighted by molar-refractivity contribution is 7.92. The summed E-state index contributed by atoms with van der Waals surface area (Å²) in [6.07, 6.45) is 3.32. The van der Waals surface area contributed by atoms with Gasteiger partial charge in [0.1, 0.15) is 5.37 Å². The second-order valence-electron chi connectivity index (χ2n) is 5.04. The number of fused-ring (bicyclic) bond motifs is 1. The van der Waals surface area contributed by atoms with Crippen LogP contribution in [-0.4, -0.2) is 50.4 Å². The van der Waals surface area contributed by atoms with Crippen LogP contribution < -0.4 is 5.32 Å². The molecule has 2 aromatic rings. The van der Waals surface area contributed by atoms with Gasteiger partial charge in [0.15, 0.2) is 9.84 Å². The summed E-state index contributed by atoms with van der Waals surface area (Å²) in [5, 5.41) is 4.22. The molecular formula is C14H19Cl2N3O2S. The minimum Gasteiger partial charge on any atom is -0.313 e. The quantitative estimate of drug-likeness (QED) is 0.879. The summed E-state index contributed by atoms with van der Waals surface area (Å²) >= 11 is 0. The van der Waals surface area contributed by atoms with Gasteiger partial charge in [-0.05, 0) is 19.2 Å². The molecule has 1 atom stereocenters. The van der Waals surface area contributed by atoms with Crippen molar-refractivity contribution in [2.75, 3.05) is 26.7 Å². The molecular weight excluding hydrogens is 345 g/mol. The van der Waals surface area contributed by atoms with E-state index >= 15 is 0 Å². The van der Waals surface area contributed by atoms with E-state index in [0.717, 1.165) is 23.9 Å². The van der Waals surface area contributed by atoms with Crippen molar-refractivity contribution in [3.8, 4) is 0 Å². The average Bonchev–Trinajstić information content (AvgIpc) is 2.47. The summed E-state index contributed by atoms with van der Waals surface area (Å²) in [6, 6.07) is 7.09. The lowest BCUT2D eigenvalue weighted by Gasteiger charge is -2.32. The molecule has 1 aliphatic heterocycles. The highest BCUT2D eigenvalue weighted by Crippen LogP contribution is 2.26. The van der Waals surface area contributed by atoms with Gasteiger partial charge in [0.25, 0.3) is 0 Å². The molecule has 1 aromatic carbocycles. The highest BCUT2D eigenvalue weighted by Gasteiger charge is 2.33. The Labute approximate surface area is 142 Å². The van der Waals surface area contributed by atoms with Gasteiger partial charge in [0, 0.05) is 42.8 Å². The number of sulfone groups is 1. The van der Waals surface area contributed by atoms with Crippen LogP contribution in [0.25, 0.3) is 10.8 Å². The molecule has 0 amide bonds. The Kier molecular flexibility index (Phi) is 6.58. The Morgan fingerprint density at radius 2 is 2.05 bits per heavy atom. The average molecular weight is 364 g/mol. The zero-order chi connectivity index (χ0) is 14.2. The maximum absolute atomic E-state index is 12.9. The van der Waals surface area contributed by atoms with Crippen molar-refractivity contribution in [3.63, 3.8) is 0 Å². The zero-order valence-electron chi connectivity index (χ0n) is 12.1. The Morgan fingerprint density at radius 3 is 2.77 bits per heavy atom. The molecule has 0 bridgehead atoms. The first-order valence-corrected chi connectivity index (χ1v) is 8.13. The van der Waals surface area contributed by atoms with Crippen LogP contribution in [-0.2, 0) is 9.84 Å². The number of hydrogen-bond acceptors (Lipinski definition) is 5. The van der Waals surface area contributed by atoms with Crippen LogP contribution in [0.1, 0.15) is 0 Å². The Balaban J connectivity index is 0.00000121. The van der Waals surface area contributed by atoms with Gasteiger partial charge in [-0.25, -0.2) is 8.42 Å². The number of halogens is 2. The third kappa shape index (κ3) is 3.36. The molecule has 0 aliphatic carbocycles.